The van der Waals surface area contributed by atoms with Crippen LogP contribution in [0.5, 0.6) is 0 Å². The van der Waals surface area contributed by atoms with Gasteiger partial charge in [0.1, 0.15) is 6.54 Å². The summed E-state index contributed by atoms with van der Waals surface area (Å²) in [6.45, 7) is 4.58. The Balaban J connectivity index is 2.89. The monoisotopic (exact) mass is 292 g/mol. The second-order valence-electron chi connectivity index (χ2n) is 4.98. The van der Waals surface area contributed by atoms with Gasteiger partial charge in [-0.25, -0.2) is 0 Å². The van der Waals surface area contributed by atoms with Gasteiger partial charge in [-0.3, -0.25) is 9.59 Å². The third-order valence-electron chi connectivity index (χ3n) is 3.02. The second-order valence-corrected chi connectivity index (χ2v) is 4.98. The van der Waals surface area contributed by atoms with Gasteiger partial charge >= 0.3 is 5.97 Å². The lowest BCUT2D eigenvalue weighted by Gasteiger charge is -2.22. The summed E-state index contributed by atoms with van der Waals surface area (Å²) in [5.41, 5.74) is 1.53. The van der Waals surface area contributed by atoms with Crippen molar-refractivity contribution in [1.82, 2.24) is 4.90 Å². The van der Waals surface area contributed by atoms with Crippen molar-refractivity contribution in [2.75, 3.05) is 38.7 Å². The zero-order valence-electron chi connectivity index (χ0n) is 13.3. The van der Waals surface area contributed by atoms with Gasteiger partial charge in [-0.1, -0.05) is 13.0 Å². The van der Waals surface area contributed by atoms with Crippen molar-refractivity contribution in [3.63, 3.8) is 0 Å². The van der Waals surface area contributed by atoms with E-state index in [1.165, 1.54) is 4.90 Å². The highest BCUT2D eigenvalue weighted by molar-refractivity contribution is 5.96. The molecule has 0 aliphatic rings. The lowest BCUT2D eigenvalue weighted by atomic mass is 10.1. The van der Waals surface area contributed by atoms with E-state index in [-0.39, 0.29) is 18.4 Å². The maximum atomic E-state index is 12.5. The normalized spacial score (nSPS) is 10.1. The quantitative estimate of drug-likeness (QED) is 0.723. The average Bonchev–Trinajstić information content (AvgIpc) is 2.46. The Bertz CT molecular complexity index is 486. The van der Waals surface area contributed by atoms with Gasteiger partial charge in [0.25, 0.3) is 5.91 Å². The van der Waals surface area contributed by atoms with Crippen molar-refractivity contribution in [3.8, 4) is 0 Å². The molecule has 1 aromatic rings. The topological polar surface area (TPSA) is 49.9 Å². The number of carbonyl (C=O) groups excluding carboxylic acids is 2. The molecule has 0 N–H and O–H groups in total. The largest absolute Gasteiger partial charge is 0.465 e. The van der Waals surface area contributed by atoms with Crippen molar-refractivity contribution < 1.29 is 14.3 Å². The minimum absolute atomic E-state index is 0.00724. The maximum Gasteiger partial charge on any atom is 0.325 e. The van der Waals surface area contributed by atoms with Crippen LogP contribution >= 0.6 is 0 Å². The Kier molecular flexibility index (Phi) is 6.72. The molecular weight excluding hydrogens is 268 g/mol. The standard InChI is InChI=1S/C16H24N2O3/c1-5-10-18(12-15(19)21-6-2)16(20)13-8-7-9-14(11-13)17(3)4/h7-9,11H,5-6,10,12H2,1-4H3. The van der Waals surface area contributed by atoms with Crippen LogP contribution in [0.25, 0.3) is 0 Å². The van der Waals surface area contributed by atoms with Crippen LogP contribution in [0.15, 0.2) is 24.3 Å². The molecule has 0 fully saturated rings. The maximum absolute atomic E-state index is 12.5. The highest BCUT2D eigenvalue weighted by Crippen LogP contribution is 2.15. The molecule has 0 bridgehead atoms. The third-order valence-corrected chi connectivity index (χ3v) is 3.02. The molecule has 116 valence electrons. The minimum Gasteiger partial charge on any atom is -0.465 e. The summed E-state index contributed by atoms with van der Waals surface area (Å²) in [5.74, 6) is -0.517. The Hall–Kier alpha value is -2.04. The lowest BCUT2D eigenvalue weighted by Crippen LogP contribution is -2.37. The van der Waals surface area contributed by atoms with Gasteiger partial charge in [0, 0.05) is 31.9 Å². The number of nitrogens with zero attached hydrogens (tertiary/aromatic N) is 2. The van der Waals surface area contributed by atoms with E-state index in [4.69, 9.17) is 4.74 Å². The first-order valence-corrected chi connectivity index (χ1v) is 7.21. The second kappa shape index (κ2) is 8.29. The molecular formula is C16H24N2O3. The molecule has 0 atom stereocenters. The molecule has 0 saturated heterocycles. The lowest BCUT2D eigenvalue weighted by molar-refractivity contribution is -0.143. The fraction of sp³-hybridized carbons (Fsp3) is 0.500. The van der Waals surface area contributed by atoms with E-state index in [0.717, 1.165) is 12.1 Å². The first kappa shape index (κ1) is 17.0. The predicted molar refractivity (Wildman–Crippen MR) is 83.6 cm³/mol. The third kappa shape index (κ3) is 5.10. The number of carbonyl (C=O) groups is 2. The summed E-state index contributed by atoms with van der Waals surface area (Å²) >= 11 is 0. The van der Waals surface area contributed by atoms with Crippen LogP contribution in [0.4, 0.5) is 5.69 Å². The van der Waals surface area contributed by atoms with E-state index in [1.54, 1.807) is 13.0 Å². The molecule has 0 aliphatic carbocycles. The molecule has 0 heterocycles. The Morgan fingerprint density at radius 1 is 1.19 bits per heavy atom. The van der Waals surface area contributed by atoms with Crippen LogP contribution in [0.2, 0.25) is 0 Å². The summed E-state index contributed by atoms with van der Waals surface area (Å²) in [6.07, 6.45) is 0.790. The van der Waals surface area contributed by atoms with Gasteiger partial charge in [-0.2, -0.15) is 0 Å². The fourth-order valence-corrected chi connectivity index (χ4v) is 1.98. The molecule has 0 saturated carbocycles. The number of ether oxygens (including phenoxy) is 1. The Morgan fingerprint density at radius 2 is 1.90 bits per heavy atom. The molecule has 1 amide bonds. The summed E-state index contributed by atoms with van der Waals surface area (Å²) in [4.78, 5) is 27.6. The van der Waals surface area contributed by atoms with E-state index in [1.807, 2.05) is 44.1 Å². The van der Waals surface area contributed by atoms with Gasteiger partial charge in [-0.05, 0) is 31.5 Å². The van der Waals surface area contributed by atoms with Gasteiger partial charge in [-0.15, -0.1) is 0 Å². The fourth-order valence-electron chi connectivity index (χ4n) is 1.98. The first-order chi connectivity index (χ1) is 9.99. The Morgan fingerprint density at radius 3 is 2.48 bits per heavy atom. The van der Waals surface area contributed by atoms with Gasteiger partial charge < -0.3 is 14.5 Å². The molecule has 0 spiro atoms. The van der Waals surface area contributed by atoms with Crippen molar-refractivity contribution in [2.24, 2.45) is 0 Å². The summed E-state index contributed by atoms with van der Waals surface area (Å²) in [6, 6.07) is 7.38. The number of esters is 1. The van der Waals surface area contributed by atoms with Gasteiger partial charge in [0.05, 0.1) is 6.61 Å². The van der Waals surface area contributed by atoms with E-state index in [2.05, 4.69) is 0 Å². The predicted octanol–water partition coefficient (Wildman–Crippen LogP) is 2.17. The molecule has 1 aromatic carbocycles. The molecule has 5 nitrogen and oxygen atoms in total. The zero-order valence-corrected chi connectivity index (χ0v) is 13.3. The minimum atomic E-state index is -0.372. The molecule has 1 rings (SSSR count). The summed E-state index contributed by atoms with van der Waals surface area (Å²) < 4.78 is 4.93. The number of benzene rings is 1. The first-order valence-electron chi connectivity index (χ1n) is 7.21. The molecule has 0 aromatic heterocycles. The number of rotatable bonds is 7. The molecule has 0 unspecified atom stereocenters. The molecule has 0 radical (unpaired) electrons. The smallest absolute Gasteiger partial charge is 0.325 e. The van der Waals surface area contributed by atoms with E-state index in [9.17, 15) is 9.59 Å². The molecule has 21 heavy (non-hydrogen) atoms. The van der Waals surface area contributed by atoms with E-state index < -0.39 is 0 Å². The van der Waals surface area contributed by atoms with Crippen LogP contribution < -0.4 is 4.90 Å². The van der Waals surface area contributed by atoms with Crippen molar-refractivity contribution in [3.05, 3.63) is 29.8 Å². The SMILES string of the molecule is CCCN(CC(=O)OCC)C(=O)c1cccc(N(C)C)c1. The average molecular weight is 292 g/mol. The number of amides is 1. The van der Waals surface area contributed by atoms with E-state index in [0.29, 0.717) is 18.7 Å². The van der Waals surface area contributed by atoms with Crippen LogP contribution in [-0.4, -0.2) is 50.6 Å². The zero-order chi connectivity index (χ0) is 15.8. The van der Waals surface area contributed by atoms with Crippen molar-refractivity contribution in [1.29, 1.82) is 0 Å². The Labute approximate surface area is 126 Å². The van der Waals surface area contributed by atoms with Crippen LogP contribution in [0, 0.1) is 0 Å². The van der Waals surface area contributed by atoms with Gasteiger partial charge in [0.15, 0.2) is 0 Å². The number of anilines is 1. The molecule has 5 heteroatoms. The van der Waals surface area contributed by atoms with E-state index >= 15 is 0 Å². The van der Waals surface area contributed by atoms with Gasteiger partial charge in [0.2, 0.25) is 0 Å². The summed E-state index contributed by atoms with van der Waals surface area (Å²) in [7, 11) is 3.85. The highest BCUT2D eigenvalue weighted by Gasteiger charge is 2.19. The molecule has 0 aliphatic heterocycles. The summed E-state index contributed by atoms with van der Waals surface area (Å²) in [5, 5.41) is 0. The van der Waals surface area contributed by atoms with Crippen molar-refractivity contribution in [2.45, 2.75) is 20.3 Å². The number of hydrogen-bond donors (Lipinski definition) is 0. The highest BCUT2D eigenvalue weighted by atomic mass is 16.5. The van der Waals surface area contributed by atoms with Crippen LogP contribution in [0.3, 0.4) is 0 Å². The van der Waals surface area contributed by atoms with Crippen LogP contribution in [-0.2, 0) is 9.53 Å². The van der Waals surface area contributed by atoms with Crippen molar-refractivity contribution >= 4 is 17.6 Å². The van der Waals surface area contributed by atoms with Crippen LogP contribution in [0.1, 0.15) is 30.6 Å². The number of hydrogen-bond acceptors (Lipinski definition) is 4.